The molecule has 1 aliphatic rings. The average Bonchev–Trinajstić information content (AvgIpc) is 2.29. The second-order valence-corrected chi connectivity index (χ2v) is 6.48. The molecule has 0 aliphatic carbocycles. The Labute approximate surface area is 114 Å². The monoisotopic (exact) mass is 335 g/mol. The van der Waals surface area contributed by atoms with Crippen LogP contribution in [0.2, 0.25) is 0 Å². The third-order valence-corrected chi connectivity index (χ3v) is 4.37. The van der Waals surface area contributed by atoms with Crippen molar-refractivity contribution >= 4 is 31.7 Å². The zero-order valence-electron chi connectivity index (χ0n) is 9.87. The Morgan fingerprint density at radius 1 is 1.28 bits per heavy atom. The zero-order chi connectivity index (χ0) is 13.3. The van der Waals surface area contributed by atoms with Gasteiger partial charge in [0.25, 0.3) is 10.1 Å². The molecule has 0 bridgehead atoms. The summed E-state index contributed by atoms with van der Waals surface area (Å²) in [6, 6.07) is 0. The molecular weight excluding hydrogens is 322 g/mol. The first-order valence-corrected chi connectivity index (χ1v) is 7.67. The number of hydrogen-bond acceptors (Lipinski definition) is 5. The lowest BCUT2D eigenvalue weighted by Gasteiger charge is -2.35. The zero-order valence-corrected chi connectivity index (χ0v) is 12.3. The third kappa shape index (κ3) is 2.82. The minimum Gasteiger partial charge on any atom is -0.367 e. The number of rotatable bonds is 2. The normalized spacial score (nSPS) is 18.1. The topological polar surface area (TPSA) is 73.7 Å². The molecule has 0 spiro atoms. The van der Waals surface area contributed by atoms with E-state index >= 15 is 0 Å². The summed E-state index contributed by atoms with van der Waals surface area (Å²) in [5.74, 6) is 0. The summed E-state index contributed by atoms with van der Waals surface area (Å²) in [4.78, 5) is 7.75. The molecule has 0 unspecified atom stereocenters. The predicted molar refractivity (Wildman–Crippen MR) is 71.5 cm³/mol. The van der Waals surface area contributed by atoms with Crippen molar-refractivity contribution in [3.05, 3.63) is 16.9 Å². The Kier molecular flexibility index (Phi) is 3.90. The average molecular weight is 336 g/mol. The van der Waals surface area contributed by atoms with E-state index in [1.807, 2.05) is 11.9 Å². The molecule has 1 aliphatic heterocycles. The highest BCUT2D eigenvalue weighted by molar-refractivity contribution is 9.10. The lowest BCUT2D eigenvalue weighted by Crippen LogP contribution is -2.45. The van der Waals surface area contributed by atoms with Crippen molar-refractivity contribution in [2.24, 2.45) is 0 Å². The fourth-order valence-electron chi connectivity index (χ4n) is 1.94. The largest absolute Gasteiger partial charge is 0.367 e. The summed E-state index contributed by atoms with van der Waals surface area (Å²) in [7, 11) is -2.25. The fraction of sp³-hybridized carbons (Fsp3) is 0.500. The molecule has 1 aromatic rings. The van der Waals surface area contributed by atoms with Crippen LogP contribution in [0.5, 0.6) is 0 Å². The lowest BCUT2D eigenvalue weighted by atomic mass is 10.3. The molecule has 0 aromatic carbocycles. The molecule has 8 heteroatoms. The van der Waals surface area contributed by atoms with Crippen LogP contribution in [0.15, 0.2) is 21.8 Å². The van der Waals surface area contributed by atoms with E-state index in [2.05, 4.69) is 25.8 Å². The molecule has 2 heterocycles. The molecule has 1 N–H and O–H groups in total. The number of aromatic nitrogens is 1. The number of piperazine rings is 1. The molecular formula is C10H14BrN3O3S. The first-order valence-electron chi connectivity index (χ1n) is 5.44. The number of hydrogen-bond donors (Lipinski definition) is 1. The summed E-state index contributed by atoms with van der Waals surface area (Å²) in [6.45, 7) is 3.11. The van der Waals surface area contributed by atoms with Crippen LogP contribution in [-0.2, 0) is 10.1 Å². The van der Waals surface area contributed by atoms with Gasteiger partial charge in [-0.05, 0) is 23.0 Å². The van der Waals surface area contributed by atoms with E-state index in [0.29, 0.717) is 23.2 Å². The summed E-state index contributed by atoms with van der Waals surface area (Å²) in [5, 5.41) is 0. The van der Waals surface area contributed by atoms with Gasteiger partial charge in [0.15, 0.2) is 0 Å². The highest BCUT2D eigenvalue weighted by Crippen LogP contribution is 2.32. The van der Waals surface area contributed by atoms with Gasteiger partial charge in [-0.1, -0.05) is 0 Å². The van der Waals surface area contributed by atoms with Crippen LogP contribution in [0.3, 0.4) is 0 Å². The third-order valence-electron chi connectivity index (χ3n) is 2.94. The highest BCUT2D eigenvalue weighted by Gasteiger charge is 2.25. The van der Waals surface area contributed by atoms with Crippen LogP contribution in [0.1, 0.15) is 0 Å². The smallest absolute Gasteiger partial charge is 0.298 e. The summed E-state index contributed by atoms with van der Waals surface area (Å²) < 4.78 is 32.6. The number of anilines is 1. The summed E-state index contributed by atoms with van der Waals surface area (Å²) >= 11 is 3.30. The van der Waals surface area contributed by atoms with E-state index in [9.17, 15) is 13.0 Å². The van der Waals surface area contributed by atoms with Crippen LogP contribution in [0.25, 0.3) is 0 Å². The highest BCUT2D eigenvalue weighted by atomic mass is 79.9. The van der Waals surface area contributed by atoms with E-state index < -0.39 is 10.1 Å². The van der Waals surface area contributed by atoms with Crippen molar-refractivity contribution in [1.29, 1.82) is 0 Å². The van der Waals surface area contributed by atoms with E-state index in [0.717, 1.165) is 13.1 Å². The molecule has 6 nitrogen and oxygen atoms in total. The Morgan fingerprint density at radius 3 is 2.44 bits per heavy atom. The lowest BCUT2D eigenvalue weighted by molar-refractivity contribution is 0.312. The van der Waals surface area contributed by atoms with Crippen LogP contribution in [0, 0.1) is 0 Å². The standard InChI is InChI=1S/C10H14BrN3O3S/c1-13-2-4-14(5-3-13)10-8(11)6-12-7-9(10)18(15,16)17/h6-7H,2-5H2,1H3,(H,15,16,17). The van der Waals surface area contributed by atoms with Gasteiger partial charge in [-0.3, -0.25) is 9.54 Å². The van der Waals surface area contributed by atoms with E-state index in [-0.39, 0.29) is 4.90 Å². The number of pyridine rings is 1. The second kappa shape index (κ2) is 5.12. The van der Waals surface area contributed by atoms with Crippen molar-refractivity contribution in [1.82, 2.24) is 9.88 Å². The maximum absolute atomic E-state index is 11.4. The molecule has 18 heavy (non-hydrogen) atoms. The van der Waals surface area contributed by atoms with Gasteiger partial charge in [-0.2, -0.15) is 8.42 Å². The number of likely N-dealkylation sites (N-methyl/N-ethyl adjacent to an activating group) is 1. The van der Waals surface area contributed by atoms with Crippen molar-refractivity contribution in [2.75, 3.05) is 38.1 Å². The number of nitrogens with zero attached hydrogens (tertiary/aromatic N) is 3. The molecule has 1 aromatic heterocycles. The van der Waals surface area contributed by atoms with Crippen molar-refractivity contribution in [2.45, 2.75) is 4.90 Å². The van der Waals surface area contributed by atoms with Gasteiger partial charge >= 0.3 is 0 Å². The van der Waals surface area contributed by atoms with Crippen molar-refractivity contribution in [3.8, 4) is 0 Å². The van der Waals surface area contributed by atoms with E-state index in [1.54, 1.807) is 0 Å². The molecule has 0 saturated carbocycles. The molecule has 1 saturated heterocycles. The molecule has 0 radical (unpaired) electrons. The summed E-state index contributed by atoms with van der Waals surface area (Å²) in [5.41, 5.74) is 0.487. The van der Waals surface area contributed by atoms with Crippen molar-refractivity contribution in [3.63, 3.8) is 0 Å². The van der Waals surface area contributed by atoms with Crippen LogP contribution in [0.4, 0.5) is 5.69 Å². The van der Waals surface area contributed by atoms with E-state index in [4.69, 9.17) is 0 Å². The van der Waals surface area contributed by atoms with Crippen LogP contribution in [-0.4, -0.2) is 56.1 Å². The minimum atomic E-state index is -4.27. The fourth-order valence-corrected chi connectivity index (χ4v) is 3.33. The van der Waals surface area contributed by atoms with Gasteiger partial charge < -0.3 is 9.80 Å². The molecule has 0 amide bonds. The Bertz CT molecular complexity index is 541. The number of halogens is 1. The van der Waals surface area contributed by atoms with Gasteiger partial charge in [0.05, 0.1) is 16.4 Å². The Morgan fingerprint density at radius 2 is 1.89 bits per heavy atom. The van der Waals surface area contributed by atoms with Gasteiger partial charge in [0, 0.05) is 32.4 Å². The first-order chi connectivity index (χ1) is 8.39. The van der Waals surface area contributed by atoms with Crippen molar-refractivity contribution < 1.29 is 13.0 Å². The van der Waals surface area contributed by atoms with Crippen LogP contribution < -0.4 is 4.90 Å². The van der Waals surface area contributed by atoms with Gasteiger partial charge in [0.2, 0.25) is 0 Å². The van der Waals surface area contributed by atoms with Gasteiger partial charge in [0.1, 0.15) is 4.90 Å². The summed E-state index contributed by atoms with van der Waals surface area (Å²) in [6.07, 6.45) is 2.70. The first kappa shape index (κ1) is 13.7. The van der Waals surface area contributed by atoms with E-state index in [1.165, 1.54) is 12.4 Å². The maximum Gasteiger partial charge on any atom is 0.298 e. The Balaban J connectivity index is 2.43. The molecule has 1 fully saturated rings. The van der Waals surface area contributed by atoms with Gasteiger partial charge in [-0.25, -0.2) is 0 Å². The van der Waals surface area contributed by atoms with Gasteiger partial charge in [-0.15, -0.1) is 0 Å². The molecule has 100 valence electrons. The minimum absolute atomic E-state index is 0.151. The SMILES string of the molecule is CN1CCN(c2c(Br)cncc2S(=O)(=O)O)CC1. The maximum atomic E-state index is 11.4. The predicted octanol–water partition coefficient (Wildman–Crippen LogP) is 0.843. The molecule has 2 rings (SSSR count). The van der Waals surface area contributed by atoms with Crippen LogP contribution >= 0.6 is 15.9 Å². The Hall–Kier alpha value is -0.700. The molecule has 0 atom stereocenters. The second-order valence-electron chi connectivity index (χ2n) is 4.23. The quantitative estimate of drug-likeness (QED) is 0.807.